The third-order valence-electron chi connectivity index (χ3n) is 2.50. The van der Waals surface area contributed by atoms with E-state index < -0.39 is 0 Å². The van der Waals surface area contributed by atoms with E-state index >= 15 is 0 Å². The molecule has 0 radical (unpaired) electrons. The number of esters is 2. The summed E-state index contributed by atoms with van der Waals surface area (Å²) in [5, 5.41) is 0. The minimum Gasteiger partial charge on any atom is -0.469 e. The quantitative estimate of drug-likeness (QED) is 0.438. The van der Waals surface area contributed by atoms with Crippen molar-refractivity contribution in [3.8, 4) is 0 Å². The van der Waals surface area contributed by atoms with Gasteiger partial charge in [0.15, 0.2) is 0 Å². The van der Waals surface area contributed by atoms with Crippen LogP contribution in [0, 0.1) is 0 Å². The fraction of sp³-hybridized carbons (Fsp3) is 0.846. The normalized spacial score (nSPS) is 10.0. The van der Waals surface area contributed by atoms with Crippen molar-refractivity contribution < 1.29 is 19.1 Å². The molecule has 0 rings (SSSR count). The summed E-state index contributed by atoms with van der Waals surface area (Å²) in [7, 11) is 1.40. The maximum absolute atomic E-state index is 11.2. The summed E-state index contributed by atoms with van der Waals surface area (Å²) < 4.78 is 9.57. The summed E-state index contributed by atoms with van der Waals surface area (Å²) in [5.74, 6) is -0.268. The highest BCUT2D eigenvalue weighted by atomic mass is 16.5. The summed E-state index contributed by atoms with van der Waals surface area (Å²) in [6, 6.07) is 0. The smallest absolute Gasteiger partial charge is 0.305 e. The average molecular weight is 244 g/mol. The third kappa shape index (κ3) is 11.2. The molecule has 4 nitrogen and oxygen atoms in total. The van der Waals surface area contributed by atoms with Gasteiger partial charge in [-0.1, -0.05) is 26.2 Å². The number of methoxy groups -OCH3 is 1. The van der Waals surface area contributed by atoms with Crippen LogP contribution in [0.15, 0.2) is 0 Å². The number of hydrogen-bond donors (Lipinski definition) is 0. The molecule has 0 atom stereocenters. The van der Waals surface area contributed by atoms with E-state index in [9.17, 15) is 9.59 Å². The van der Waals surface area contributed by atoms with Crippen LogP contribution in [0.1, 0.15) is 58.3 Å². The molecule has 0 aromatic heterocycles. The number of carbonyl (C=O) groups excluding carboxylic acids is 2. The third-order valence-corrected chi connectivity index (χ3v) is 2.50. The van der Waals surface area contributed by atoms with Crippen LogP contribution in [-0.2, 0) is 19.1 Å². The number of unbranched alkanes of at least 4 members (excludes halogenated alkanes) is 4. The van der Waals surface area contributed by atoms with Crippen LogP contribution < -0.4 is 0 Å². The Morgan fingerprint density at radius 3 is 2.00 bits per heavy atom. The highest BCUT2D eigenvalue weighted by molar-refractivity contribution is 5.69. The second kappa shape index (κ2) is 11.4. The lowest BCUT2D eigenvalue weighted by Gasteiger charge is -2.03. The first-order valence-electron chi connectivity index (χ1n) is 6.43. The molecule has 0 aromatic carbocycles. The summed E-state index contributed by atoms with van der Waals surface area (Å²) in [6.07, 6.45) is 6.52. The molecule has 0 saturated heterocycles. The van der Waals surface area contributed by atoms with Gasteiger partial charge in [0.2, 0.25) is 0 Å². The lowest BCUT2D eigenvalue weighted by atomic mass is 10.1. The first-order valence-corrected chi connectivity index (χ1v) is 6.43. The van der Waals surface area contributed by atoms with Crippen LogP contribution in [0.4, 0.5) is 0 Å². The van der Waals surface area contributed by atoms with Crippen molar-refractivity contribution in [1.29, 1.82) is 0 Å². The standard InChI is InChI=1S/C13H24O4/c1-3-4-11-17-13(15)10-8-6-5-7-9-12(14)16-2/h3-11H2,1-2H3. The molecule has 0 spiro atoms. The van der Waals surface area contributed by atoms with Gasteiger partial charge in [-0.2, -0.15) is 0 Å². The highest BCUT2D eigenvalue weighted by Crippen LogP contribution is 2.07. The molecular weight excluding hydrogens is 220 g/mol. The van der Waals surface area contributed by atoms with Crippen molar-refractivity contribution in [1.82, 2.24) is 0 Å². The van der Waals surface area contributed by atoms with Gasteiger partial charge in [0.1, 0.15) is 0 Å². The summed E-state index contributed by atoms with van der Waals surface area (Å²) in [4.78, 5) is 22.0. The maximum Gasteiger partial charge on any atom is 0.305 e. The van der Waals surface area contributed by atoms with Crippen LogP contribution >= 0.6 is 0 Å². The van der Waals surface area contributed by atoms with Gasteiger partial charge in [-0.25, -0.2) is 0 Å². The molecule has 0 amide bonds. The van der Waals surface area contributed by atoms with Gasteiger partial charge >= 0.3 is 11.9 Å². The van der Waals surface area contributed by atoms with E-state index in [-0.39, 0.29) is 11.9 Å². The molecule has 0 unspecified atom stereocenters. The predicted octanol–water partition coefficient (Wildman–Crippen LogP) is 2.84. The number of hydrogen-bond acceptors (Lipinski definition) is 4. The number of rotatable bonds is 10. The predicted molar refractivity (Wildman–Crippen MR) is 65.6 cm³/mol. The summed E-state index contributed by atoms with van der Waals surface area (Å²) in [6.45, 7) is 2.60. The highest BCUT2D eigenvalue weighted by Gasteiger charge is 2.03. The van der Waals surface area contributed by atoms with Crippen molar-refractivity contribution in [2.75, 3.05) is 13.7 Å². The van der Waals surface area contributed by atoms with Crippen LogP contribution in [0.2, 0.25) is 0 Å². The Morgan fingerprint density at radius 1 is 0.882 bits per heavy atom. The van der Waals surface area contributed by atoms with Crippen molar-refractivity contribution in [2.24, 2.45) is 0 Å². The Bertz CT molecular complexity index is 213. The fourth-order valence-electron chi connectivity index (χ4n) is 1.40. The Kier molecular flexibility index (Phi) is 10.7. The minimum absolute atomic E-state index is 0.105. The van der Waals surface area contributed by atoms with E-state index in [1.165, 1.54) is 7.11 Å². The van der Waals surface area contributed by atoms with E-state index in [1.54, 1.807) is 0 Å². The van der Waals surface area contributed by atoms with Crippen molar-refractivity contribution in [3.05, 3.63) is 0 Å². The molecular formula is C13H24O4. The van der Waals surface area contributed by atoms with E-state index in [2.05, 4.69) is 11.7 Å². The van der Waals surface area contributed by atoms with Gasteiger partial charge in [0.25, 0.3) is 0 Å². The molecule has 0 heterocycles. The molecule has 4 heteroatoms. The molecule has 0 aliphatic heterocycles. The Morgan fingerprint density at radius 2 is 1.47 bits per heavy atom. The zero-order chi connectivity index (χ0) is 12.9. The molecule has 100 valence electrons. The number of ether oxygens (including phenoxy) is 2. The zero-order valence-electron chi connectivity index (χ0n) is 11.0. The molecule has 17 heavy (non-hydrogen) atoms. The molecule has 0 saturated carbocycles. The van der Waals surface area contributed by atoms with Crippen LogP contribution in [0.5, 0.6) is 0 Å². The van der Waals surface area contributed by atoms with Crippen molar-refractivity contribution in [3.63, 3.8) is 0 Å². The van der Waals surface area contributed by atoms with Gasteiger partial charge in [-0.15, -0.1) is 0 Å². The lowest BCUT2D eigenvalue weighted by molar-refractivity contribution is -0.144. The molecule has 0 aliphatic rings. The van der Waals surface area contributed by atoms with Crippen molar-refractivity contribution >= 4 is 11.9 Å². The van der Waals surface area contributed by atoms with Gasteiger partial charge in [0.05, 0.1) is 13.7 Å². The molecule has 0 bridgehead atoms. The van der Waals surface area contributed by atoms with Crippen molar-refractivity contribution in [2.45, 2.75) is 58.3 Å². The molecule has 0 N–H and O–H groups in total. The Labute approximate surface area is 104 Å². The Balaban J connectivity index is 3.22. The summed E-state index contributed by atoms with van der Waals surface area (Å²) in [5.41, 5.74) is 0. The monoisotopic (exact) mass is 244 g/mol. The van der Waals surface area contributed by atoms with Crippen LogP contribution in [-0.4, -0.2) is 25.7 Å². The van der Waals surface area contributed by atoms with Crippen LogP contribution in [0.25, 0.3) is 0 Å². The van der Waals surface area contributed by atoms with Gasteiger partial charge in [-0.05, 0) is 19.3 Å². The second-order valence-corrected chi connectivity index (χ2v) is 4.06. The van der Waals surface area contributed by atoms with Gasteiger partial charge in [-0.3, -0.25) is 9.59 Å². The summed E-state index contributed by atoms with van der Waals surface area (Å²) >= 11 is 0. The van der Waals surface area contributed by atoms with Gasteiger partial charge < -0.3 is 9.47 Å². The second-order valence-electron chi connectivity index (χ2n) is 4.06. The Hall–Kier alpha value is -1.06. The maximum atomic E-state index is 11.2. The zero-order valence-corrected chi connectivity index (χ0v) is 11.0. The lowest BCUT2D eigenvalue weighted by Crippen LogP contribution is -2.05. The SMILES string of the molecule is CCCCOC(=O)CCCCCCC(=O)OC. The van der Waals surface area contributed by atoms with Crippen LogP contribution in [0.3, 0.4) is 0 Å². The fourth-order valence-corrected chi connectivity index (χ4v) is 1.40. The molecule has 0 aliphatic carbocycles. The molecule has 0 aromatic rings. The molecule has 0 fully saturated rings. The first kappa shape index (κ1) is 15.9. The average Bonchev–Trinajstić information content (AvgIpc) is 2.33. The van der Waals surface area contributed by atoms with E-state index in [1.807, 2.05) is 0 Å². The topological polar surface area (TPSA) is 52.6 Å². The minimum atomic E-state index is -0.163. The number of carbonyl (C=O) groups is 2. The van der Waals surface area contributed by atoms with Gasteiger partial charge in [0, 0.05) is 12.8 Å². The first-order chi connectivity index (χ1) is 8.20. The largest absolute Gasteiger partial charge is 0.469 e. The van der Waals surface area contributed by atoms with E-state index in [0.717, 1.165) is 38.5 Å². The van der Waals surface area contributed by atoms with E-state index in [0.29, 0.717) is 19.4 Å². The van der Waals surface area contributed by atoms with E-state index in [4.69, 9.17) is 4.74 Å².